The third kappa shape index (κ3) is 5.98. The minimum Gasteiger partial charge on any atom is -0.378 e. The molecule has 2 fully saturated rings. The second-order valence-electron chi connectivity index (χ2n) is 10.4. The summed E-state index contributed by atoms with van der Waals surface area (Å²) in [5.41, 5.74) is 1.98. The molecule has 7 nitrogen and oxygen atoms in total. The standard InChI is InChI=1S/C28H38N4O3S/c1-21(33)31-15-13-23-7-4-8-24(32(23)20-27-29-14-17-36-27)19-30(18-22-6-2-3-10-26(22)31)28(34)12-11-25-9-5-16-35-25/h2-3,6,10,14,17,23-25H,4-5,7-9,11-13,15-16,18-20H2,1H3. The number of hydrogen-bond donors (Lipinski definition) is 0. The van der Waals surface area contributed by atoms with E-state index in [1.165, 1.54) is 0 Å². The van der Waals surface area contributed by atoms with Gasteiger partial charge in [0, 0.05) is 68.9 Å². The molecule has 0 aliphatic carbocycles. The van der Waals surface area contributed by atoms with Gasteiger partial charge in [0.2, 0.25) is 11.8 Å². The van der Waals surface area contributed by atoms with Crippen molar-refractivity contribution in [1.82, 2.24) is 14.8 Å². The lowest BCUT2D eigenvalue weighted by Gasteiger charge is -2.43. The van der Waals surface area contributed by atoms with Crippen LogP contribution in [0.1, 0.15) is 68.9 Å². The van der Waals surface area contributed by atoms with Crippen LogP contribution in [-0.4, -0.2) is 64.5 Å². The molecule has 3 atom stereocenters. The monoisotopic (exact) mass is 510 g/mol. The third-order valence-corrected chi connectivity index (χ3v) is 8.78. The van der Waals surface area contributed by atoms with Gasteiger partial charge in [-0.05, 0) is 50.2 Å². The van der Waals surface area contributed by atoms with Crippen molar-refractivity contribution < 1.29 is 14.3 Å². The summed E-state index contributed by atoms with van der Waals surface area (Å²) in [5.74, 6) is 0.238. The molecule has 0 saturated carbocycles. The summed E-state index contributed by atoms with van der Waals surface area (Å²) in [6.07, 6.45) is 9.77. The van der Waals surface area contributed by atoms with E-state index in [1.807, 2.05) is 34.7 Å². The first-order valence-electron chi connectivity index (χ1n) is 13.5. The number of hydrogen-bond acceptors (Lipinski definition) is 6. The van der Waals surface area contributed by atoms with Crippen LogP contribution in [0.2, 0.25) is 0 Å². The zero-order valence-corrected chi connectivity index (χ0v) is 22.1. The Labute approximate surface area is 218 Å². The van der Waals surface area contributed by atoms with E-state index in [0.717, 1.165) is 74.4 Å². The molecule has 3 aliphatic heterocycles. The Morgan fingerprint density at radius 1 is 1.11 bits per heavy atom. The van der Waals surface area contributed by atoms with Crippen LogP contribution in [0.15, 0.2) is 35.8 Å². The molecule has 2 aromatic rings. The predicted molar refractivity (Wildman–Crippen MR) is 142 cm³/mol. The minimum atomic E-state index is 0.0526. The van der Waals surface area contributed by atoms with E-state index in [-0.39, 0.29) is 24.0 Å². The van der Waals surface area contributed by atoms with Crippen molar-refractivity contribution in [3.05, 3.63) is 46.4 Å². The SMILES string of the molecule is CC(=O)N1CCC2CCCC(CN(C(=O)CCC3CCCO3)Cc3ccccc31)N2Cc1nccs1. The van der Waals surface area contributed by atoms with Gasteiger partial charge in [0.25, 0.3) is 0 Å². The highest BCUT2D eigenvalue weighted by Gasteiger charge is 2.35. The number of anilines is 1. The molecule has 1 aromatic heterocycles. The quantitative estimate of drug-likeness (QED) is 0.588. The molecule has 0 radical (unpaired) electrons. The molecule has 36 heavy (non-hydrogen) atoms. The molecule has 2 saturated heterocycles. The average Bonchev–Trinajstić information content (AvgIpc) is 3.58. The van der Waals surface area contributed by atoms with Crippen LogP contribution in [0.25, 0.3) is 0 Å². The number of thiazole rings is 1. The smallest absolute Gasteiger partial charge is 0.223 e. The second-order valence-corrected chi connectivity index (χ2v) is 11.4. The number of ether oxygens (including phenoxy) is 1. The number of carbonyl (C=O) groups is 2. The first kappa shape index (κ1) is 25.4. The molecule has 0 spiro atoms. The summed E-state index contributed by atoms with van der Waals surface area (Å²) < 4.78 is 5.80. The largest absolute Gasteiger partial charge is 0.378 e. The molecule has 3 aliphatic rings. The zero-order valence-electron chi connectivity index (χ0n) is 21.3. The first-order chi connectivity index (χ1) is 17.6. The van der Waals surface area contributed by atoms with E-state index in [9.17, 15) is 9.59 Å². The van der Waals surface area contributed by atoms with Crippen molar-refractivity contribution in [3.8, 4) is 0 Å². The molecule has 0 N–H and O–H groups in total. The first-order valence-corrected chi connectivity index (χ1v) is 14.4. The lowest BCUT2D eigenvalue weighted by molar-refractivity contribution is -0.134. The van der Waals surface area contributed by atoms with Gasteiger partial charge in [-0.1, -0.05) is 24.6 Å². The Morgan fingerprint density at radius 2 is 1.97 bits per heavy atom. The number of piperidine rings is 1. The summed E-state index contributed by atoms with van der Waals surface area (Å²) in [4.78, 5) is 37.6. The number of carbonyl (C=O) groups excluding carboxylic acids is 2. The maximum atomic E-state index is 13.7. The van der Waals surface area contributed by atoms with Crippen LogP contribution in [0, 0.1) is 0 Å². The van der Waals surface area contributed by atoms with Crippen molar-refractivity contribution in [1.29, 1.82) is 0 Å². The van der Waals surface area contributed by atoms with E-state index < -0.39 is 0 Å². The molecule has 5 rings (SSSR count). The number of para-hydroxylation sites is 1. The molecule has 194 valence electrons. The highest BCUT2D eigenvalue weighted by atomic mass is 32.1. The van der Waals surface area contributed by atoms with Gasteiger partial charge >= 0.3 is 0 Å². The fourth-order valence-electron chi connectivity index (χ4n) is 6.13. The number of benzene rings is 1. The Balaban J connectivity index is 1.45. The molecule has 2 amide bonds. The van der Waals surface area contributed by atoms with Crippen molar-refractivity contribution >= 4 is 28.8 Å². The van der Waals surface area contributed by atoms with E-state index in [2.05, 4.69) is 20.9 Å². The van der Waals surface area contributed by atoms with Crippen molar-refractivity contribution in [2.45, 2.75) is 89.6 Å². The molecule has 8 heteroatoms. The molecule has 1 aromatic carbocycles. The Kier molecular flexibility index (Phi) is 8.34. The van der Waals surface area contributed by atoms with Gasteiger partial charge in [-0.3, -0.25) is 14.5 Å². The van der Waals surface area contributed by atoms with E-state index >= 15 is 0 Å². The summed E-state index contributed by atoms with van der Waals surface area (Å²) in [7, 11) is 0. The molecule has 2 bridgehead atoms. The van der Waals surface area contributed by atoms with Gasteiger partial charge in [0.15, 0.2) is 0 Å². The molecular weight excluding hydrogens is 472 g/mol. The van der Waals surface area contributed by atoms with Crippen molar-refractivity contribution in [2.24, 2.45) is 0 Å². The van der Waals surface area contributed by atoms with E-state index in [1.54, 1.807) is 18.3 Å². The Hall–Kier alpha value is -2.29. The molecule has 3 unspecified atom stereocenters. The number of amides is 2. The van der Waals surface area contributed by atoms with Crippen LogP contribution >= 0.6 is 11.3 Å². The minimum absolute atomic E-state index is 0.0526. The summed E-state index contributed by atoms with van der Waals surface area (Å²) >= 11 is 1.69. The van der Waals surface area contributed by atoms with Crippen LogP contribution < -0.4 is 4.90 Å². The average molecular weight is 511 g/mol. The van der Waals surface area contributed by atoms with Crippen molar-refractivity contribution in [2.75, 3.05) is 24.6 Å². The van der Waals surface area contributed by atoms with Crippen LogP contribution in [0.5, 0.6) is 0 Å². The van der Waals surface area contributed by atoms with Gasteiger partial charge in [-0.2, -0.15) is 0 Å². The fraction of sp³-hybridized carbons (Fsp3) is 0.607. The molecular formula is C28H38N4O3S. The third-order valence-electron chi connectivity index (χ3n) is 8.01. The molecule has 4 heterocycles. The van der Waals surface area contributed by atoms with E-state index in [4.69, 9.17) is 4.74 Å². The Morgan fingerprint density at radius 3 is 2.75 bits per heavy atom. The Bertz CT molecular complexity index is 1020. The van der Waals surface area contributed by atoms with Gasteiger partial charge in [-0.25, -0.2) is 4.98 Å². The lowest BCUT2D eigenvalue weighted by atomic mass is 9.92. The summed E-state index contributed by atoms with van der Waals surface area (Å²) in [6, 6.07) is 8.76. The van der Waals surface area contributed by atoms with Gasteiger partial charge in [-0.15, -0.1) is 11.3 Å². The second kappa shape index (κ2) is 11.8. The van der Waals surface area contributed by atoms with Crippen LogP contribution in [0.3, 0.4) is 0 Å². The number of aromatic nitrogens is 1. The number of nitrogens with zero attached hydrogens (tertiary/aromatic N) is 4. The highest BCUT2D eigenvalue weighted by Crippen LogP contribution is 2.32. The van der Waals surface area contributed by atoms with E-state index in [0.29, 0.717) is 32.1 Å². The number of rotatable bonds is 5. The van der Waals surface area contributed by atoms with Crippen LogP contribution in [0.4, 0.5) is 5.69 Å². The topological polar surface area (TPSA) is 66.0 Å². The highest BCUT2D eigenvalue weighted by molar-refractivity contribution is 7.09. The van der Waals surface area contributed by atoms with Crippen LogP contribution in [-0.2, 0) is 27.4 Å². The van der Waals surface area contributed by atoms with Gasteiger partial charge in [0.1, 0.15) is 5.01 Å². The lowest BCUT2D eigenvalue weighted by Crippen LogP contribution is -2.52. The fourth-order valence-corrected chi connectivity index (χ4v) is 6.76. The number of fused-ring (bicyclic) bond motifs is 3. The van der Waals surface area contributed by atoms with Gasteiger partial charge in [0.05, 0.1) is 12.6 Å². The van der Waals surface area contributed by atoms with Crippen molar-refractivity contribution in [3.63, 3.8) is 0 Å². The summed E-state index contributed by atoms with van der Waals surface area (Å²) in [5, 5.41) is 3.15. The summed E-state index contributed by atoms with van der Waals surface area (Å²) in [6.45, 7) is 5.18. The normalized spacial score (nSPS) is 25.3. The zero-order chi connectivity index (χ0) is 24.9. The van der Waals surface area contributed by atoms with Gasteiger partial charge < -0.3 is 14.5 Å². The maximum absolute atomic E-state index is 13.7. The maximum Gasteiger partial charge on any atom is 0.223 e. The predicted octanol–water partition coefficient (Wildman–Crippen LogP) is 4.61.